The topological polar surface area (TPSA) is 87.6 Å². The Hall–Kier alpha value is -1.76. The first-order valence-corrected chi connectivity index (χ1v) is 6.10. The monoisotopic (exact) mass is 268 g/mol. The SMILES string of the molecule is Cc1nsc(N2C(=O)CC(C)(C)C2=O)c1C(=O)O. The van der Waals surface area contributed by atoms with E-state index in [1.165, 1.54) is 0 Å². The molecule has 0 aliphatic carbocycles. The van der Waals surface area contributed by atoms with Crippen molar-refractivity contribution in [1.29, 1.82) is 0 Å². The summed E-state index contributed by atoms with van der Waals surface area (Å²) in [5, 5.41) is 9.23. The van der Waals surface area contributed by atoms with Crippen molar-refractivity contribution < 1.29 is 19.5 Å². The van der Waals surface area contributed by atoms with E-state index in [9.17, 15) is 14.4 Å². The highest BCUT2D eigenvalue weighted by Gasteiger charge is 2.47. The van der Waals surface area contributed by atoms with E-state index in [0.717, 1.165) is 16.4 Å². The number of aryl methyl sites for hydroxylation is 1. The Morgan fingerprint density at radius 1 is 1.44 bits per heavy atom. The lowest BCUT2D eigenvalue weighted by Crippen LogP contribution is -2.33. The summed E-state index contributed by atoms with van der Waals surface area (Å²) in [7, 11) is 0. The van der Waals surface area contributed by atoms with E-state index >= 15 is 0 Å². The zero-order chi connectivity index (χ0) is 13.7. The van der Waals surface area contributed by atoms with Gasteiger partial charge in [0.05, 0.1) is 11.1 Å². The van der Waals surface area contributed by atoms with Gasteiger partial charge < -0.3 is 5.11 Å². The number of hydrogen-bond donors (Lipinski definition) is 1. The van der Waals surface area contributed by atoms with Crippen LogP contribution in [0.1, 0.15) is 36.3 Å². The molecule has 0 radical (unpaired) electrons. The van der Waals surface area contributed by atoms with Crippen molar-refractivity contribution in [2.75, 3.05) is 4.90 Å². The quantitative estimate of drug-likeness (QED) is 0.820. The number of amides is 2. The predicted molar refractivity (Wildman–Crippen MR) is 64.7 cm³/mol. The second-order valence-electron chi connectivity index (χ2n) is 4.85. The smallest absolute Gasteiger partial charge is 0.340 e. The van der Waals surface area contributed by atoms with E-state index in [-0.39, 0.29) is 28.8 Å². The molecule has 1 aliphatic rings. The average molecular weight is 268 g/mol. The molecule has 0 aromatic carbocycles. The summed E-state index contributed by atoms with van der Waals surface area (Å²) in [6.45, 7) is 4.88. The minimum atomic E-state index is -1.18. The van der Waals surface area contributed by atoms with Crippen molar-refractivity contribution >= 4 is 34.3 Å². The fraction of sp³-hybridized carbons (Fsp3) is 0.455. The lowest BCUT2D eigenvalue weighted by Gasteiger charge is -2.16. The number of aromatic carboxylic acids is 1. The first kappa shape index (κ1) is 12.7. The molecule has 2 rings (SSSR count). The average Bonchev–Trinajstić information content (AvgIpc) is 2.67. The second-order valence-corrected chi connectivity index (χ2v) is 5.60. The van der Waals surface area contributed by atoms with Crippen molar-refractivity contribution in [3.63, 3.8) is 0 Å². The van der Waals surface area contributed by atoms with Gasteiger partial charge in [0.1, 0.15) is 10.6 Å². The first-order valence-electron chi connectivity index (χ1n) is 5.32. The lowest BCUT2D eigenvalue weighted by molar-refractivity contribution is -0.124. The van der Waals surface area contributed by atoms with Crippen LogP contribution in [0.4, 0.5) is 5.00 Å². The molecule has 96 valence electrons. The van der Waals surface area contributed by atoms with Crippen LogP contribution in [0.25, 0.3) is 0 Å². The van der Waals surface area contributed by atoms with Gasteiger partial charge in [-0.3, -0.25) is 9.59 Å². The van der Waals surface area contributed by atoms with E-state index in [4.69, 9.17) is 5.11 Å². The van der Waals surface area contributed by atoms with Gasteiger partial charge in [0.15, 0.2) is 0 Å². The van der Waals surface area contributed by atoms with Crippen LogP contribution in [0.5, 0.6) is 0 Å². The fourth-order valence-electron chi connectivity index (χ4n) is 1.91. The van der Waals surface area contributed by atoms with Gasteiger partial charge >= 0.3 is 5.97 Å². The highest BCUT2D eigenvalue weighted by molar-refractivity contribution is 7.11. The molecular formula is C11H12N2O4S. The van der Waals surface area contributed by atoms with Crippen LogP contribution in [-0.4, -0.2) is 27.3 Å². The molecule has 2 heterocycles. The van der Waals surface area contributed by atoms with Gasteiger partial charge in [-0.05, 0) is 18.5 Å². The molecule has 7 heteroatoms. The van der Waals surface area contributed by atoms with Crippen LogP contribution in [0.2, 0.25) is 0 Å². The molecular weight excluding hydrogens is 256 g/mol. The Labute approximate surface area is 107 Å². The van der Waals surface area contributed by atoms with Gasteiger partial charge in [0, 0.05) is 6.42 Å². The van der Waals surface area contributed by atoms with Gasteiger partial charge in [0.2, 0.25) is 11.8 Å². The van der Waals surface area contributed by atoms with Crippen LogP contribution < -0.4 is 4.90 Å². The highest BCUT2D eigenvalue weighted by atomic mass is 32.1. The number of nitrogens with zero attached hydrogens (tertiary/aromatic N) is 2. The molecule has 1 N–H and O–H groups in total. The molecule has 2 amide bonds. The number of carbonyl (C=O) groups is 3. The van der Waals surface area contributed by atoms with Crippen molar-refractivity contribution in [2.45, 2.75) is 27.2 Å². The van der Waals surface area contributed by atoms with E-state index in [1.807, 2.05) is 0 Å². The number of anilines is 1. The fourth-order valence-corrected chi connectivity index (χ4v) is 2.82. The molecule has 1 fully saturated rings. The van der Waals surface area contributed by atoms with E-state index in [1.54, 1.807) is 20.8 Å². The molecule has 1 aromatic rings. The molecule has 0 unspecified atom stereocenters. The highest BCUT2D eigenvalue weighted by Crippen LogP contribution is 2.39. The third kappa shape index (κ3) is 1.71. The van der Waals surface area contributed by atoms with E-state index in [0.29, 0.717) is 5.69 Å². The van der Waals surface area contributed by atoms with Gasteiger partial charge in [0.25, 0.3) is 0 Å². The third-order valence-electron chi connectivity index (χ3n) is 2.89. The summed E-state index contributed by atoms with van der Waals surface area (Å²) in [5.41, 5.74) is -0.544. The molecule has 0 spiro atoms. The van der Waals surface area contributed by atoms with Gasteiger partial charge in [-0.2, -0.15) is 4.37 Å². The van der Waals surface area contributed by atoms with Gasteiger partial charge in [-0.25, -0.2) is 9.69 Å². The molecule has 0 bridgehead atoms. The molecule has 18 heavy (non-hydrogen) atoms. The minimum absolute atomic E-state index is 0.0700. The zero-order valence-electron chi connectivity index (χ0n) is 10.2. The van der Waals surface area contributed by atoms with Gasteiger partial charge in [-0.1, -0.05) is 13.8 Å². The molecule has 1 saturated heterocycles. The van der Waals surface area contributed by atoms with Crippen LogP contribution in [-0.2, 0) is 9.59 Å². The number of rotatable bonds is 2. The number of imide groups is 1. The van der Waals surface area contributed by atoms with Crippen LogP contribution in [0, 0.1) is 12.3 Å². The molecule has 1 aliphatic heterocycles. The summed E-state index contributed by atoms with van der Waals surface area (Å²) in [5.74, 6) is -1.93. The number of carboxylic acid groups (broad SMARTS) is 1. The summed E-state index contributed by atoms with van der Waals surface area (Å²) in [6.07, 6.45) is 0.0852. The summed E-state index contributed by atoms with van der Waals surface area (Å²) < 4.78 is 3.91. The minimum Gasteiger partial charge on any atom is -0.478 e. The first-order chi connectivity index (χ1) is 8.25. The number of carboxylic acids is 1. The summed E-state index contributed by atoms with van der Waals surface area (Å²) in [4.78, 5) is 36.1. The molecule has 1 aromatic heterocycles. The Kier molecular flexibility index (Phi) is 2.73. The number of carbonyl (C=O) groups excluding carboxylic acids is 2. The van der Waals surface area contributed by atoms with Crippen LogP contribution >= 0.6 is 11.5 Å². The Morgan fingerprint density at radius 3 is 2.50 bits per heavy atom. The van der Waals surface area contributed by atoms with Crippen LogP contribution in [0.15, 0.2) is 0 Å². The lowest BCUT2D eigenvalue weighted by atomic mass is 9.92. The zero-order valence-corrected chi connectivity index (χ0v) is 11.0. The van der Waals surface area contributed by atoms with Crippen molar-refractivity contribution in [1.82, 2.24) is 4.37 Å². The van der Waals surface area contributed by atoms with Crippen molar-refractivity contribution in [3.05, 3.63) is 11.3 Å². The van der Waals surface area contributed by atoms with Crippen molar-refractivity contribution in [3.8, 4) is 0 Å². The van der Waals surface area contributed by atoms with Crippen molar-refractivity contribution in [2.24, 2.45) is 5.41 Å². The maximum atomic E-state index is 12.1. The standard InChI is InChI=1S/C11H12N2O4S/c1-5-7(9(15)16)8(18-12-5)13-6(14)4-11(2,3)10(13)17/h4H2,1-3H3,(H,15,16). The number of aromatic nitrogens is 1. The maximum Gasteiger partial charge on any atom is 0.340 e. The third-order valence-corrected chi connectivity index (χ3v) is 3.81. The Bertz CT molecular complexity index is 561. The van der Waals surface area contributed by atoms with E-state index < -0.39 is 11.4 Å². The largest absolute Gasteiger partial charge is 0.478 e. The second kappa shape index (κ2) is 3.88. The summed E-state index contributed by atoms with van der Waals surface area (Å²) in [6, 6.07) is 0. The van der Waals surface area contributed by atoms with Gasteiger partial charge in [-0.15, -0.1) is 0 Å². The van der Waals surface area contributed by atoms with E-state index in [2.05, 4.69) is 4.37 Å². The Morgan fingerprint density at radius 2 is 2.06 bits per heavy atom. The molecule has 0 atom stereocenters. The number of hydrogen-bond acceptors (Lipinski definition) is 5. The Balaban J connectivity index is 2.54. The maximum absolute atomic E-state index is 12.1. The molecule has 6 nitrogen and oxygen atoms in total. The molecule has 0 saturated carbocycles. The normalized spacial score (nSPS) is 18.5. The van der Waals surface area contributed by atoms with Crippen LogP contribution in [0.3, 0.4) is 0 Å². The summed E-state index contributed by atoms with van der Waals surface area (Å²) >= 11 is 0.863. The predicted octanol–water partition coefficient (Wildman–Crippen LogP) is 1.44.